The molecule has 0 atom stereocenters. The van der Waals surface area contributed by atoms with E-state index in [1.54, 1.807) is 0 Å². The minimum atomic E-state index is -1.02. The molecule has 0 aromatic rings. The van der Waals surface area contributed by atoms with Crippen molar-refractivity contribution in [2.75, 3.05) is 0 Å². The van der Waals surface area contributed by atoms with Crippen molar-refractivity contribution in [3.8, 4) is 0 Å². The predicted octanol–water partition coefficient (Wildman–Crippen LogP) is 1.63. The average Bonchev–Trinajstić information content (AvgIpc) is 1.85. The molecule has 0 rings (SSSR count). The Kier molecular flexibility index (Phi) is 3.67. The van der Waals surface area contributed by atoms with Crippen molar-refractivity contribution in [3.63, 3.8) is 0 Å². The van der Waals surface area contributed by atoms with Gasteiger partial charge in [0.25, 0.3) is 0 Å². The second-order valence-corrected chi connectivity index (χ2v) is 3.05. The van der Waals surface area contributed by atoms with Gasteiger partial charge >= 0.3 is 5.97 Å². The number of ketones is 1. The van der Waals surface area contributed by atoms with Gasteiger partial charge in [0.05, 0.1) is 0 Å². The highest BCUT2D eigenvalue weighted by Crippen LogP contribution is 2.15. The molecule has 0 aromatic heterocycles. The van der Waals surface area contributed by atoms with E-state index in [0.29, 0.717) is 5.57 Å². The molecule has 0 unspecified atom stereocenters. The van der Waals surface area contributed by atoms with Gasteiger partial charge in [-0.1, -0.05) is 13.8 Å². The normalized spacial score (nSPS) is 12.8. The van der Waals surface area contributed by atoms with Gasteiger partial charge in [0.1, 0.15) is 0 Å². The lowest BCUT2D eigenvalue weighted by Crippen LogP contribution is -2.11. The number of carboxylic acid groups (broad SMARTS) is 1. The lowest BCUT2D eigenvalue weighted by molar-refractivity contribution is -0.133. The van der Waals surface area contributed by atoms with Crippen LogP contribution in [0, 0.1) is 5.92 Å². The van der Waals surface area contributed by atoms with Crippen LogP contribution in [0.15, 0.2) is 11.1 Å². The standard InChI is InChI=1S/C9H14O3/c1-5(2)8(7(4)10)6(3)9(11)12/h5H,1-4H3,(H,11,12)/b8-6-. The number of carboxylic acids is 1. The van der Waals surface area contributed by atoms with E-state index >= 15 is 0 Å². The lowest BCUT2D eigenvalue weighted by atomic mass is 9.95. The Morgan fingerprint density at radius 2 is 1.58 bits per heavy atom. The maximum atomic E-state index is 11.0. The highest BCUT2D eigenvalue weighted by atomic mass is 16.4. The van der Waals surface area contributed by atoms with E-state index in [1.807, 2.05) is 13.8 Å². The Bertz CT molecular complexity index is 236. The second-order valence-electron chi connectivity index (χ2n) is 3.05. The number of allylic oxidation sites excluding steroid dienone is 1. The molecule has 3 nitrogen and oxygen atoms in total. The molecule has 0 saturated heterocycles. The van der Waals surface area contributed by atoms with Crippen molar-refractivity contribution in [2.24, 2.45) is 5.92 Å². The molecule has 0 radical (unpaired) electrons. The molecular formula is C9H14O3. The van der Waals surface area contributed by atoms with E-state index in [1.165, 1.54) is 13.8 Å². The number of hydrogen-bond acceptors (Lipinski definition) is 2. The van der Waals surface area contributed by atoms with Crippen LogP contribution >= 0.6 is 0 Å². The molecule has 3 heteroatoms. The highest BCUT2D eigenvalue weighted by molar-refractivity contribution is 6.02. The predicted molar refractivity (Wildman–Crippen MR) is 45.9 cm³/mol. The monoisotopic (exact) mass is 170 g/mol. The Balaban J connectivity index is 5.08. The van der Waals surface area contributed by atoms with Crippen LogP contribution in [0.3, 0.4) is 0 Å². The van der Waals surface area contributed by atoms with Crippen LogP contribution in [0.1, 0.15) is 27.7 Å². The summed E-state index contributed by atoms with van der Waals surface area (Å²) >= 11 is 0. The van der Waals surface area contributed by atoms with Gasteiger partial charge in [-0.25, -0.2) is 4.79 Å². The van der Waals surface area contributed by atoms with E-state index in [-0.39, 0.29) is 17.3 Å². The van der Waals surface area contributed by atoms with Crippen LogP contribution in [0.5, 0.6) is 0 Å². The number of carbonyl (C=O) groups excluding carboxylic acids is 1. The Morgan fingerprint density at radius 3 is 1.67 bits per heavy atom. The van der Waals surface area contributed by atoms with Crippen molar-refractivity contribution in [1.29, 1.82) is 0 Å². The fraction of sp³-hybridized carbons (Fsp3) is 0.556. The van der Waals surface area contributed by atoms with Crippen molar-refractivity contribution < 1.29 is 14.7 Å². The van der Waals surface area contributed by atoms with Gasteiger partial charge in [0.15, 0.2) is 5.78 Å². The molecule has 0 amide bonds. The first-order valence-corrected chi connectivity index (χ1v) is 3.83. The summed E-state index contributed by atoms with van der Waals surface area (Å²) in [5.74, 6) is -1.21. The molecule has 0 fully saturated rings. The minimum Gasteiger partial charge on any atom is -0.478 e. The Hall–Kier alpha value is -1.12. The van der Waals surface area contributed by atoms with E-state index in [9.17, 15) is 9.59 Å². The van der Waals surface area contributed by atoms with Gasteiger partial charge in [-0.15, -0.1) is 0 Å². The van der Waals surface area contributed by atoms with Crippen molar-refractivity contribution in [3.05, 3.63) is 11.1 Å². The maximum absolute atomic E-state index is 11.0. The first-order valence-electron chi connectivity index (χ1n) is 3.83. The third-order valence-electron chi connectivity index (χ3n) is 1.68. The van der Waals surface area contributed by atoms with Crippen LogP contribution in [0.4, 0.5) is 0 Å². The SMILES string of the molecule is CC(=O)/C(=C(/C)C(=O)O)C(C)C. The molecule has 0 saturated carbocycles. The molecule has 0 aliphatic heterocycles. The molecule has 12 heavy (non-hydrogen) atoms. The van der Waals surface area contributed by atoms with Crippen molar-refractivity contribution >= 4 is 11.8 Å². The van der Waals surface area contributed by atoms with Gasteiger partial charge in [-0.05, 0) is 19.8 Å². The summed E-state index contributed by atoms with van der Waals surface area (Å²) < 4.78 is 0. The number of carbonyl (C=O) groups is 2. The number of Topliss-reactive ketones (excluding diaryl/α,β-unsaturated/α-hetero) is 1. The van der Waals surface area contributed by atoms with Gasteiger partial charge in [0, 0.05) is 11.1 Å². The first-order chi connectivity index (χ1) is 5.37. The summed E-state index contributed by atoms with van der Waals surface area (Å²) in [7, 11) is 0. The summed E-state index contributed by atoms with van der Waals surface area (Å²) in [6, 6.07) is 0. The molecule has 1 N–H and O–H groups in total. The fourth-order valence-corrected chi connectivity index (χ4v) is 1.22. The Labute approximate surface area is 72.1 Å². The van der Waals surface area contributed by atoms with E-state index in [4.69, 9.17) is 5.11 Å². The quantitative estimate of drug-likeness (QED) is 0.655. The third kappa shape index (κ3) is 2.49. The lowest BCUT2D eigenvalue weighted by Gasteiger charge is -2.09. The van der Waals surface area contributed by atoms with E-state index in [0.717, 1.165) is 0 Å². The molecule has 0 aromatic carbocycles. The summed E-state index contributed by atoms with van der Waals surface area (Å²) in [4.78, 5) is 21.5. The Morgan fingerprint density at radius 1 is 1.17 bits per heavy atom. The van der Waals surface area contributed by atoms with Crippen LogP contribution in [0.2, 0.25) is 0 Å². The highest BCUT2D eigenvalue weighted by Gasteiger charge is 2.16. The number of aliphatic carboxylic acids is 1. The van der Waals surface area contributed by atoms with Crippen LogP contribution in [-0.4, -0.2) is 16.9 Å². The van der Waals surface area contributed by atoms with Crippen LogP contribution in [-0.2, 0) is 9.59 Å². The molecule has 0 heterocycles. The number of rotatable bonds is 3. The van der Waals surface area contributed by atoms with Crippen LogP contribution < -0.4 is 0 Å². The van der Waals surface area contributed by atoms with E-state index < -0.39 is 5.97 Å². The summed E-state index contributed by atoms with van der Waals surface area (Å²) in [5, 5.41) is 8.64. The number of hydrogen-bond donors (Lipinski definition) is 1. The smallest absolute Gasteiger partial charge is 0.331 e. The molecule has 0 spiro atoms. The topological polar surface area (TPSA) is 54.4 Å². The van der Waals surface area contributed by atoms with Crippen LogP contribution in [0.25, 0.3) is 0 Å². The fourth-order valence-electron chi connectivity index (χ4n) is 1.22. The summed E-state index contributed by atoms with van der Waals surface area (Å²) in [6.07, 6.45) is 0. The zero-order valence-corrected chi connectivity index (χ0v) is 7.84. The molecular weight excluding hydrogens is 156 g/mol. The van der Waals surface area contributed by atoms with Gasteiger partial charge < -0.3 is 5.11 Å². The van der Waals surface area contributed by atoms with Gasteiger partial charge in [0.2, 0.25) is 0 Å². The molecule has 0 bridgehead atoms. The second kappa shape index (κ2) is 4.04. The van der Waals surface area contributed by atoms with Gasteiger partial charge in [-0.2, -0.15) is 0 Å². The van der Waals surface area contributed by atoms with Crippen molar-refractivity contribution in [1.82, 2.24) is 0 Å². The zero-order chi connectivity index (χ0) is 9.89. The summed E-state index contributed by atoms with van der Waals surface area (Å²) in [5.41, 5.74) is 0.556. The maximum Gasteiger partial charge on any atom is 0.331 e. The minimum absolute atomic E-state index is 0.0291. The molecule has 68 valence electrons. The zero-order valence-electron chi connectivity index (χ0n) is 7.84. The third-order valence-corrected chi connectivity index (χ3v) is 1.68. The largest absolute Gasteiger partial charge is 0.478 e. The first kappa shape index (κ1) is 10.9. The summed E-state index contributed by atoms with van der Waals surface area (Å²) in [6.45, 7) is 6.47. The van der Waals surface area contributed by atoms with E-state index in [2.05, 4.69) is 0 Å². The average molecular weight is 170 g/mol. The molecule has 0 aliphatic rings. The molecule has 0 aliphatic carbocycles. The van der Waals surface area contributed by atoms with Gasteiger partial charge in [-0.3, -0.25) is 4.79 Å². The van der Waals surface area contributed by atoms with Crippen molar-refractivity contribution in [2.45, 2.75) is 27.7 Å².